The fourth-order valence-corrected chi connectivity index (χ4v) is 4.27. The Balaban J connectivity index is 1.70. The molecule has 0 N–H and O–H groups in total. The molecule has 3 atom stereocenters. The number of nitrogens with zero attached hydrogens (tertiary/aromatic N) is 2. The van der Waals surface area contributed by atoms with E-state index in [4.69, 9.17) is 0 Å². The van der Waals surface area contributed by atoms with Crippen LogP contribution >= 0.6 is 0 Å². The van der Waals surface area contributed by atoms with Crippen molar-refractivity contribution in [1.82, 2.24) is 4.90 Å². The summed E-state index contributed by atoms with van der Waals surface area (Å²) < 4.78 is 0. The van der Waals surface area contributed by atoms with E-state index in [-0.39, 0.29) is 11.9 Å². The van der Waals surface area contributed by atoms with Gasteiger partial charge in [0.1, 0.15) is 0 Å². The second-order valence-corrected chi connectivity index (χ2v) is 7.81. The summed E-state index contributed by atoms with van der Waals surface area (Å²) in [6, 6.07) is 21.6. The van der Waals surface area contributed by atoms with E-state index in [0.29, 0.717) is 18.4 Å². The SMILES string of the molecule is CCC(=O)N(c1ccccc1)[C@@H]1C[C@@H](C)N(CCc2ccccc2)C[C@@H]1C. The van der Waals surface area contributed by atoms with Crippen LogP contribution in [0.5, 0.6) is 0 Å². The van der Waals surface area contributed by atoms with Crippen molar-refractivity contribution in [2.75, 3.05) is 18.0 Å². The number of anilines is 1. The highest BCUT2D eigenvalue weighted by atomic mass is 16.2. The van der Waals surface area contributed by atoms with Crippen molar-refractivity contribution in [1.29, 1.82) is 0 Å². The van der Waals surface area contributed by atoms with E-state index in [2.05, 4.69) is 66.1 Å². The molecule has 1 aliphatic rings. The summed E-state index contributed by atoms with van der Waals surface area (Å²) >= 11 is 0. The molecule has 1 fully saturated rings. The summed E-state index contributed by atoms with van der Waals surface area (Å²) in [5.74, 6) is 0.677. The third-order valence-corrected chi connectivity index (χ3v) is 5.85. The smallest absolute Gasteiger partial charge is 0.226 e. The lowest BCUT2D eigenvalue weighted by atomic mass is 9.87. The number of para-hydroxylation sites is 1. The van der Waals surface area contributed by atoms with Crippen LogP contribution < -0.4 is 4.90 Å². The maximum atomic E-state index is 12.8. The molecule has 0 aliphatic carbocycles. The Bertz CT molecular complexity index is 716. The minimum Gasteiger partial charge on any atom is -0.309 e. The van der Waals surface area contributed by atoms with Gasteiger partial charge in [-0.05, 0) is 43.4 Å². The maximum Gasteiger partial charge on any atom is 0.226 e. The van der Waals surface area contributed by atoms with E-state index < -0.39 is 0 Å². The van der Waals surface area contributed by atoms with Crippen LogP contribution in [0, 0.1) is 5.92 Å². The molecule has 3 rings (SSSR count). The van der Waals surface area contributed by atoms with Crippen molar-refractivity contribution in [3.63, 3.8) is 0 Å². The standard InChI is InChI=1S/C24H32N2O/c1-4-24(27)26(22-13-9-6-10-14-22)23-17-20(3)25(18-19(23)2)16-15-21-11-7-5-8-12-21/h5-14,19-20,23H,4,15-18H2,1-3H3/t19-,20+,23+/m0/s1. The quantitative estimate of drug-likeness (QED) is 0.737. The molecule has 0 aromatic heterocycles. The average molecular weight is 365 g/mol. The van der Waals surface area contributed by atoms with Crippen LogP contribution in [0.1, 0.15) is 39.2 Å². The van der Waals surface area contributed by atoms with Crippen molar-refractivity contribution >= 4 is 11.6 Å². The molecule has 1 aliphatic heterocycles. The second-order valence-electron chi connectivity index (χ2n) is 7.81. The Morgan fingerprint density at radius 1 is 1.04 bits per heavy atom. The highest BCUT2D eigenvalue weighted by molar-refractivity contribution is 5.93. The van der Waals surface area contributed by atoms with E-state index in [1.54, 1.807) is 0 Å². The van der Waals surface area contributed by atoms with Gasteiger partial charge in [-0.2, -0.15) is 0 Å². The predicted molar refractivity (Wildman–Crippen MR) is 113 cm³/mol. The monoisotopic (exact) mass is 364 g/mol. The van der Waals surface area contributed by atoms with Gasteiger partial charge in [0.05, 0.1) is 0 Å². The zero-order valence-corrected chi connectivity index (χ0v) is 16.8. The number of piperidine rings is 1. The number of amides is 1. The molecule has 2 aromatic rings. The van der Waals surface area contributed by atoms with E-state index in [0.717, 1.165) is 31.6 Å². The summed E-state index contributed by atoms with van der Waals surface area (Å²) in [6.45, 7) is 8.68. The van der Waals surface area contributed by atoms with Crippen LogP contribution in [0.4, 0.5) is 5.69 Å². The van der Waals surface area contributed by atoms with Crippen molar-refractivity contribution in [2.45, 2.75) is 52.1 Å². The van der Waals surface area contributed by atoms with Crippen molar-refractivity contribution in [3.8, 4) is 0 Å². The number of benzene rings is 2. The third-order valence-electron chi connectivity index (χ3n) is 5.85. The molecule has 0 unspecified atom stereocenters. The van der Waals surface area contributed by atoms with E-state index >= 15 is 0 Å². The first-order valence-corrected chi connectivity index (χ1v) is 10.2. The molecule has 1 heterocycles. The molecule has 3 heteroatoms. The fraction of sp³-hybridized carbons (Fsp3) is 0.458. The first-order chi connectivity index (χ1) is 13.1. The van der Waals surface area contributed by atoms with Gasteiger partial charge in [-0.3, -0.25) is 9.69 Å². The molecule has 0 radical (unpaired) electrons. The zero-order chi connectivity index (χ0) is 19.2. The normalized spacial score (nSPS) is 23.1. The Kier molecular flexibility index (Phi) is 6.68. The second kappa shape index (κ2) is 9.18. The lowest BCUT2D eigenvalue weighted by molar-refractivity contribution is -0.119. The van der Waals surface area contributed by atoms with Gasteiger partial charge in [-0.25, -0.2) is 0 Å². The average Bonchev–Trinajstić information content (AvgIpc) is 2.71. The van der Waals surface area contributed by atoms with Gasteiger partial charge in [-0.1, -0.05) is 62.4 Å². The summed E-state index contributed by atoms with van der Waals surface area (Å²) in [5, 5.41) is 0. The van der Waals surface area contributed by atoms with Crippen LogP contribution in [0.2, 0.25) is 0 Å². The van der Waals surface area contributed by atoms with Gasteiger partial charge >= 0.3 is 0 Å². The van der Waals surface area contributed by atoms with Crippen molar-refractivity contribution < 1.29 is 4.79 Å². The summed E-state index contributed by atoms with van der Waals surface area (Å²) in [7, 11) is 0. The van der Waals surface area contributed by atoms with Crippen LogP contribution in [0.3, 0.4) is 0 Å². The Labute approximate surface area is 164 Å². The van der Waals surface area contributed by atoms with Crippen molar-refractivity contribution in [2.24, 2.45) is 5.92 Å². The minimum atomic E-state index is 0.225. The molecule has 0 spiro atoms. The topological polar surface area (TPSA) is 23.6 Å². The minimum absolute atomic E-state index is 0.225. The zero-order valence-electron chi connectivity index (χ0n) is 16.8. The summed E-state index contributed by atoms with van der Waals surface area (Å²) in [4.78, 5) is 17.4. The molecule has 2 aromatic carbocycles. The lowest BCUT2D eigenvalue weighted by Gasteiger charge is -2.46. The summed E-state index contributed by atoms with van der Waals surface area (Å²) in [5.41, 5.74) is 2.43. The maximum absolute atomic E-state index is 12.8. The number of carbonyl (C=O) groups excluding carboxylic acids is 1. The molecule has 0 bridgehead atoms. The summed E-state index contributed by atoms with van der Waals surface area (Å²) in [6.07, 6.45) is 2.65. The Hall–Kier alpha value is -2.13. The van der Waals surface area contributed by atoms with Gasteiger partial charge in [0.25, 0.3) is 0 Å². The molecular formula is C24H32N2O. The molecule has 144 valence electrons. The van der Waals surface area contributed by atoms with Gasteiger partial charge in [0.15, 0.2) is 0 Å². The molecule has 3 nitrogen and oxygen atoms in total. The van der Waals surface area contributed by atoms with Crippen LogP contribution in [-0.4, -0.2) is 36.0 Å². The largest absolute Gasteiger partial charge is 0.309 e. The molecular weight excluding hydrogens is 332 g/mol. The molecule has 1 saturated heterocycles. The molecule has 0 saturated carbocycles. The third kappa shape index (κ3) is 4.78. The lowest BCUT2D eigenvalue weighted by Crippen LogP contribution is -2.55. The van der Waals surface area contributed by atoms with Gasteiger partial charge in [0.2, 0.25) is 5.91 Å². The number of carbonyl (C=O) groups is 1. The van der Waals surface area contributed by atoms with E-state index in [9.17, 15) is 4.79 Å². The number of hydrogen-bond donors (Lipinski definition) is 0. The number of hydrogen-bond acceptors (Lipinski definition) is 2. The van der Waals surface area contributed by atoms with Gasteiger partial charge in [-0.15, -0.1) is 0 Å². The van der Waals surface area contributed by atoms with Crippen LogP contribution in [0.15, 0.2) is 60.7 Å². The molecule has 1 amide bonds. The predicted octanol–water partition coefficient (Wildman–Crippen LogP) is 4.77. The van der Waals surface area contributed by atoms with E-state index in [1.807, 2.05) is 25.1 Å². The Morgan fingerprint density at radius 2 is 1.67 bits per heavy atom. The van der Waals surface area contributed by atoms with Crippen molar-refractivity contribution in [3.05, 3.63) is 66.2 Å². The number of likely N-dealkylation sites (tertiary alicyclic amines) is 1. The first-order valence-electron chi connectivity index (χ1n) is 10.2. The van der Waals surface area contributed by atoms with Gasteiger partial charge < -0.3 is 4.90 Å². The highest BCUT2D eigenvalue weighted by Gasteiger charge is 2.36. The van der Waals surface area contributed by atoms with Crippen LogP contribution in [-0.2, 0) is 11.2 Å². The van der Waals surface area contributed by atoms with E-state index in [1.165, 1.54) is 5.56 Å². The van der Waals surface area contributed by atoms with Crippen LogP contribution in [0.25, 0.3) is 0 Å². The molecule has 27 heavy (non-hydrogen) atoms. The first kappa shape index (κ1) is 19.6. The fourth-order valence-electron chi connectivity index (χ4n) is 4.27. The Morgan fingerprint density at radius 3 is 2.30 bits per heavy atom. The number of rotatable bonds is 6. The van der Waals surface area contributed by atoms with Gasteiger partial charge in [0, 0.05) is 37.3 Å². The highest BCUT2D eigenvalue weighted by Crippen LogP contribution is 2.30.